The van der Waals surface area contributed by atoms with Gasteiger partial charge in [0, 0.05) is 0 Å². The van der Waals surface area contributed by atoms with Crippen molar-refractivity contribution in [1.82, 2.24) is 0 Å². The zero-order chi connectivity index (χ0) is 10.8. The fraction of sp³-hybridized carbons (Fsp3) is 0.500. The zero-order valence-corrected chi connectivity index (χ0v) is 9.03. The molecule has 2 nitrogen and oxygen atoms in total. The first-order valence-corrected chi connectivity index (χ1v) is 5.15. The second kappa shape index (κ2) is 8.73. The van der Waals surface area contributed by atoms with E-state index in [0.717, 1.165) is 0 Å². The molecule has 0 fully saturated rings. The number of aryl methyl sites for hydroxylation is 2. The Labute approximate surface area is 86.1 Å². The van der Waals surface area contributed by atoms with Gasteiger partial charge in [0.1, 0.15) is 0 Å². The molecule has 0 aromatic heterocycles. The van der Waals surface area contributed by atoms with Gasteiger partial charge in [0.25, 0.3) is 0 Å². The fourth-order valence-electron chi connectivity index (χ4n) is 1.58. The number of hydrogen-bond donors (Lipinski definition) is 2. The first-order valence-electron chi connectivity index (χ1n) is 5.15. The monoisotopic (exact) mass is 196 g/mol. The molecule has 14 heavy (non-hydrogen) atoms. The van der Waals surface area contributed by atoms with Crippen LogP contribution < -0.4 is 0 Å². The summed E-state index contributed by atoms with van der Waals surface area (Å²) in [5.41, 5.74) is 3.09. The minimum absolute atomic E-state index is 1.23. The molecule has 2 heteroatoms. The van der Waals surface area contributed by atoms with Crippen molar-refractivity contribution in [3.63, 3.8) is 0 Å². The smallest absolute Gasteiger partial charge is 0.0279 e. The van der Waals surface area contributed by atoms with Gasteiger partial charge in [0.15, 0.2) is 0 Å². The molecule has 80 valence electrons. The van der Waals surface area contributed by atoms with Gasteiger partial charge in [0.2, 0.25) is 0 Å². The third-order valence-corrected chi connectivity index (χ3v) is 2.16. The second-order valence-corrected chi connectivity index (χ2v) is 3.27. The normalized spacial score (nSPS) is 9.14. The molecule has 1 aromatic rings. The van der Waals surface area contributed by atoms with E-state index in [1.807, 2.05) is 0 Å². The van der Waals surface area contributed by atoms with Gasteiger partial charge < -0.3 is 0 Å². The van der Waals surface area contributed by atoms with E-state index in [1.165, 1.54) is 25.7 Å². The Morgan fingerprint density at radius 1 is 0.857 bits per heavy atom. The highest BCUT2D eigenvalue weighted by atomic mass is 17.0. The molecule has 0 radical (unpaired) electrons. The van der Waals surface area contributed by atoms with Gasteiger partial charge in [-0.15, -0.1) is 0 Å². The van der Waals surface area contributed by atoms with Crippen molar-refractivity contribution >= 4 is 0 Å². The maximum Gasteiger partial charge on any atom is -0.0279 e. The SMILES string of the molecule is CCCc1ccccc1CCC.OO. The highest BCUT2D eigenvalue weighted by molar-refractivity contribution is 5.27. The molecule has 1 rings (SSSR count). The van der Waals surface area contributed by atoms with E-state index in [9.17, 15) is 0 Å². The number of hydrogen-bond acceptors (Lipinski definition) is 2. The van der Waals surface area contributed by atoms with Crippen molar-refractivity contribution in [2.24, 2.45) is 0 Å². The van der Waals surface area contributed by atoms with E-state index >= 15 is 0 Å². The predicted molar refractivity (Wildman–Crippen MR) is 59.7 cm³/mol. The maximum absolute atomic E-state index is 6.00. The lowest BCUT2D eigenvalue weighted by molar-refractivity contribution is -0.176. The summed E-state index contributed by atoms with van der Waals surface area (Å²) in [5, 5.41) is 12.0. The van der Waals surface area contributed by atoms with Crippen LogP contribution >= 0.6 is 0 Å². The second-order valence-electron chi connectivity index (χ2n) is 3.27. The summed E-state index contributed by atoms with van der Waals surface area (Å²) in [5.74, 6) is 0. The first-order chi connectivity index (χ1) is 6.88. The highest BCUT2D eigenvalue weighted by Crippen LogP contribution is 2.12. The number of benzene rings is 1. The van der Waals surface area contributed by atoms with Gasteiger partial charge in [-0.25, -0.2) is 0 Å². The molecule has 0 saturated carbocycles. The lowest BCUT2D eigenvalue weighted by atomic mass is 10.00. The van der Waals surface area contributed by atoms with E-state index in [1.54, 1.807) is 11.1 Å². The molecule has 0 amide bonds. The van der Waals surface area contributed by atoms with Crippen molar-refractivity contribution in [1.29, 1.82) is 0 Å². The molecule has 0 heterocycles. The third kappa shape index (κ3) is 4.40. The molecule has 0 aliphatic rings. The average Bonchev–Trinajstić information content (AvgIpc) is 2.25. The van der Waals surface area contributed by atoms with Crippen LogP contribution in [0.1, 0.15) is 37.8 Å². The molecule has 0 aliphatic heterocycles. The molecular formula is C12H20O2. The van der Waals surface area contributed by atoms with Crippen LogP contribution in [-0.4, -0.2) is 10.5 Å². The maximum atomic E-state index is 6.00. The highest BCUT2D eigenvalue weighted by Gasteiger charge is 1.98. The predicted octanol–water partition coefficient (Wildman–Crippen LogP) is 3.61. The van der Waals surface area contributed by atoms with Crippen LogP contribution in [0.3, 0.4) is 0 Å². The Hall–Kier alpha value is -0.860. The first kappa shape index (κ1) is 13.1. The molecule has 0 unspecified atom stereocenters. The summed E-state index contributed by atoms with van der Waals surface area (Å²) in [7, 11) is 0. The quantitative estimate of drug-likeness (QED) is 0.570. The van der Waals surface area contributed by atoms with Crippen molar-refractivity contribution in [2.45, 2.75) is 39.5 Å². The van der Waals surface area contributed by atoms with Crippen LogP contribution in [0.5, 0.6) is 0 Å². The average molecular weight is 196 g/mol. The Morgan fingerprint density at radius 2 is 1.21 bits per heavy atom. The standard InChI is InChI=1S/C12H18.H2O2/c1-3-7-11-9-5-6-10-12(11)8-4-2;1-2/h5-6,9-10H,3-4,7-8H2,1-2H3;1-2H. The van der Waals surface area contributed by atoms with Crippen molar-refractivity contribution in [3.8, 4) is 0 Å². The molecule has 2 N–H and O–H groups in total. The molecule has 0 spiro atoms. The molecule has 0 saturated heterocycles. The van der Waals surface area contributed by atoms with Crippen LogP contribution in [0.2, 0.25) is 0 Å². The van der Waals surface area contributed by atoms with E-state index in [2.05, 4.69) is 38.1 Å². The van der Waals surface area contributed by atoms with Crippen molar-refractivity contribution in [3.05, 3.63) is 35.4 Å². The molecule has 1 aromatic carbocycles. The molecule has 0 bridgehead atoms. The van der Waals surface area contributed by atoms with E-state index < -0.39 is 0 Å². The third-order valence-electron chi connectivity index (χ3n) is 2.16. The zero-order valence-electron chi connectivity index (χ0n) is 9.03. The van der Waals surface area contributed by atoms with E-state index in [-0.39, 0.29) is 0 Å². The van der Waals surface area contributed by atoms with Gasteiger partial charge in [-0.1, -0.05) is 51.0 Å². The molecular weight excluding hydrogens is 176 g/mol. The summed E-state index contributed by atoms with van der Waals surface area (Å²) in [6.45, 7) is 4.48. The Kier molecular flexibility index (Phi) is 8.19. The van der Waals surface area contributed by atoms with Crippen molar-refractivity contribution in [2.75, 3.05) is 0 Å². The van der Waals surface area contributed by atoms with Crippen molar-refractivity contribution < 1.29 is 10.5 Å². The van der Waals surface area contributed by atoms with E-state index in [0.29, 0.717) is 0 Å². The van der Waals surface area contributed by atoms with Crippen LogP contribution in [0.4, 0.5) is 0 Å². The van der Waals surface area contributed by atoms with Gasteiger partial charge in [-0.2, -0.15) is 0 Å². The van der Waals surface area contributed by atoms with Gasteiger partial charge in [-0.3, -0.25) is 10.5 Å². The lowest BCUT2D eigenvalue weighted by Crippen LogP contribution is -1.92. The number of rotatable bonds is 4. The summed E-state index contributed by atoms with van der Waals surface area (Å²) < 4.78 is 0. The van der Waals surface area contributed by atoms with Gasteiger partial charge in [-0.05, 0) is 24.0 Å². The summed E-state index contributed by atoms with van der Waals surface area (Å²) >= 11 is 0. The summed E-state index contributed by atoms with van der Waals surface area (Å²) in [6, 6.07) is 8.80. The lowest BCUT2D eigenvalue weighted by Gasteiger charge is -2.06. The van der Waals surface area contributed by atoms with Crippen LogP contribution in [-0.2, 0) is 12.8 Å². The molecule has 0 aliphatic carbocycles. The minimum atomic E-state index is 1.23. The van der Waals surface area contributed by atoms with Crippen LogP contribution in [0.25, 0.3) is 0 Å². The minimum Gasteiger partial charge on any atom is -0.255 e. The van der Waals surface area contributed by atoms with Crippen LogP contribution in [0, 0.1) is 0 Å². The Balaban J connectivity index is 0.000000791. The summed E-state index contributed by atoms with van der Waals surface area (Å²) in [6.07, 6.45) is 4.97. The van der Waals surface area contributed by atoms with Gasteiger partial charge in [0.05, 0.1) is 0 Å². The van der Waals surface area contributed by atoms with Gasteiger partial charge >= 0.3 is 0 Å². The largest absolute Gasteiger partial charge is 0.255 e. The van der Waals surface area contributed by atoms with E-state index in [4.69, 9.17) is 10.5 Å². The Morgan fingerprint density at radius 3 is 1.50 bits per heavy atom. The Bertz CT molecular complexity index is 209. The topological polar surface area (TPSA) is 40.5 Å². The van der Waals surface area contributed by atoms with Crippen LogP contribution in [0.15, 0.2) is 24.3 Å². The fourth-order valence-corrected chi connectivity index (χ4v) is 1.58. The molecule has 0 atom stereocenters. The summed E-state index contributed by atoms with van der Waals surface area (Å²) in [4.78, 5) is 0.